The molecule has 0 aliphatic rings. The topological polar surface area (TPSA) is 113 Å². The molecule has 0 radical (unpaired) electrons. The molecular weight excluding hydrogens is 426 g/mol. The average Bonchev–Trinajstić information content (AvgIpc) is 3.39. The van der Waals surface area contributed by atoms with Gasteiger partial charge in [-0.3, -0.25) is 9.51 Å². The summed E-state index contributed by atoms with van der Waals surface area (Å²) in [5.74, 6) is 1.86. The maximum atomic E-state index is 11.1. The number of ether oxygens (including phenoxy) is 3. The Morgan fingerprint density at radius 1 is 1.06 bits per heavy atom. The first kappa shape index (κ1) is 20.7. The Morgan fingerprint density at radius 3 is 2.48 bits per heavy atom. The number of halogens is 1. The molecule has 31 heavy (non-hydrogen) atoms. The number of benzene rings is 2. The van der Waals surface area contributed by atoms with Crippen LogP contribution < -0.4 is 15.2 Å². The molecule has 0 amide bonds. The summed E-state index contributed by atoms with van der Waals surface area (Å²) in [5.41, 5.74) is 1.93. The maximum Gasteiger partial charge on any atom is 0.439 e. The van der Waals surface area contributed by atoms with E-state index in [1.165, 1.54) is 0 Å². The molecule has 1 N–H and O–H groups in total. The predicted molar refractivity (Wildman–Crippen MR) is 111 cm³/mol. The number of aromatic nitrogens is 3. The Hall–Kier alpha value is -3.56. The number of H-pyrrole nitrogens is 1. The molecule has 0 atom stereocenters. The van der Waals surface area contributed by atoms with E-state index in [1.54, 1.807) is 32.4 Å². The van der Waals surface area contributed by atoms with Crippen LogP contribution in [-0.2, 0) is 18.0 Å². The van der Waals surface area contributed by atoms with Crippen LogP contribution in [0, 0.1) is 0 Å². The van der Waals surface area contributed by atoms with E-state index in [9.17, 15) is 4.79 Å². The van der Waals surface area contributed by atoms with Gasteiger partial charge in [-0.05, 0) is 42.5 Å². The lowest BCUT2D eigenvalue weighted by Crippen LogP contribution is -2.00. The van der Waals surface area contributed by atoms with Crippen LogP contribution in [0.1, 0.15) is 11.5 Å². The third-order valence-corrected chi connectivity index (χ3v) is 4.71. The Balaban J connectivity index is 1.52. The van der Waals surface area contributed by atoms with Crippen molar-refractivity contribution < 1.29 is 23.2 Å². The minimum Gasteiger partial charge on any atom is -0.497 e. The minimum absolute atomic E-state index is 0.148. The summed E-state index contributed by atoms with van der Waals surface area (Å²) < 4.78 is 26.6. The highest BCUT2D eigenvalue weighted by atomic mass is 35.5. The average molecular weight is 444 g/mol. The molecule has 0 aliphatic heterocycles. The van der Waals surface area contributed by atoms with Crippen molar-refractivity contribution in [2.75, 3.05) is 14.2 Å². The molecule has 0 aliphatic carbocycles. The van der Waals surface area contributed by atoms with E-state index in [4.69, 9.17) is 30.2 Å². The van der Waals surface area contributed by atoms with Crippen LogP contribution in [0.25, 0.3) is 22.8 Å². The van der Waals surface area contributed by atoms with Gasteiger partial charge in [-0.1, -0.05) is 16.8 Å². The van der Waals surface area contributed by atoms with E-state index >= 15 is 0 Å². The van der Waals surface area contributed by atoms with Crippen LogP contribution in [0.2, 0.25) is 5.02 Å². The van der Waals surface area contributed by atoms with Crippen molar-refractivity contribution in [2.45, 2.75) is 13.2 Å². The first-order chi connectivity index (χ1) is 15.1. The summed E-state index contributed by atoms with van der Waals surface area (Å²) in [7, 11) is 3.18. The number of methoxy groups -OCH3 is 2. The quantitative estimate of drug-likeness (QED) is 0.433. The molecule has 0 unspecified atom stereocenters. The lowest BCUT2D eigenvalue weighted by Gasteiger charge is -2.07. The number of aromatic amines is 1. The lowest BCUT2D eigenvalue weighted by atomic mass is 10.2. The minimum atomic E-state index is -0.657. The van der Waals surface area contributed by atoms with Crippen LogP contribution >= 0.6 is 11.6 Å². The van der Waals surface area contributed by atoms with Crippen molar-refractivity contribution in [1.82, 2.24) is 15.1 Å². The normalized spacial score (nSPS) is 10.9. The van der Waals surface area contributed by atoms with E-state index in [1.807, 2.05) is 24.3 Å². The molecule has 160 valence electrons. The Bertz CT molecular complexity index is 1230. The third-order valence-electron chi connectivity index (χ3n) is 4.40. The Labute approximate surface area is 181 Å². The number of hydrogen-bond donors (Lipinski definition) is 1. The van der Waals surface area contributed by atoms with Gasteiger partial charge in [0.05, 0.1) is 12.1 Å². The number of nitrogens with zero attached hydrogens (tertiary/aromatic N) is 2. The van der Waals surface area contributed by atoms with E-state index in [-0.39, 0.29) is 19.0 Å². The fourth-order valence-corrected chi connectivity index (χ4v) is 3.13. The number of rotatable bonds is 8. The van der Waals surface area contributed by atoms with Crippen molar-refractivity contribution in [3.63, 3.8) is 0 Å². The van der Waals surface area contributed by atoms with Gasteiger partial charge in [0.15, 0.2) is 11.6 Å². The number of hydrogen-bond acceptors (Lipinski definition) is 8. The van der Waals surface area contributed by atoms with Crippen molar-refractivity contribution in [3.05, 3.63) is 69.5 Å². The standard InChI is InChI=1S/C21H18ClN3O6/c1-27-11-18-17(23-20(30-18)12-3-5-13(28-2)6-4-12)10-29-14-7-8-15(16(22)9-14)19-24-21(26)31-25-19/h3-9H,10-11H2,1-2H3,(H,24,25,26). The SMILES string of the molecule is COCc1oc(-c2ccc(OC)cc2)nc1COc1ccc(-c2noc(=O)[nH]2)c(Cl)c1. The molecular formula is C21H18ClN3O6. The second kappa shape index (κ2) is 9.07. The summed E-state index contributed by atoms with van der Waals surface area (Å²) in [6.45, 7) is 0.399. The highest BCUT2D eigenvalue weighted by molar-refractivity contribution is 6.33. The van der Waals surface area contributed by atoms with Gasteiger partial charge in [0.2, 0.25) is 5.89 Å². The van der Waals surface area contributed by atoms with Crippen LogP contribution in [0.5, 0.6) is 11.5 Å². The maximum absolute atomic E-state index is 11.1. The second-order valence-corrected chi connectivity index (χ2v) is 6.83. The second-order valence-electron chi connectivity index (χ2n) is 6.42. The highest BCUT2D eigenvalue weighted by Gasteiger charge is 2.16. The highest BCUT2D eigenvalue weighted by Crippen LogP contribution is 2.30. The summed E-state index contributed by atoms with van der Waals surface area (Å²) in [5, 5.41) is 3.98. The van der Waals surface area contributed by atoms with Gasteiger partial charge < -0.3 is 18.6 Å². The van der Waals surface area contributed by atoms with Crippen LogP contribution in [0.4, 0.5) is 0 Å². The van der Waals surface area contributed by atoms with E-state index < -0.39 is 5.76 Å². The van der Waals surface area contributed by atoms with Crippen LogP contribution in [0.15, 0.2) is 56.2 Å². The smallest absolute Gasteiger partial charge is 0.439 e. The lowest BCUT2D eigenvalue weighted by molar-refractivity contribution is 0.161. The Morgan fingerprint density at radius 2 is 1.84 bits per heavy atom. The summed E-state index contributed by atoms with van der Waals surface area (Å²) >= 11 is 6.30. The third kappa shape index (κ3) is 4.62. The van der Waals surface area contributed by atoms with Gasteiger partial charge >= 0.3 is 5.76 Å². The zero-order valence-electron chi connectivity index (χ0n) is 16.7. The Kier molecular flexibility index (Phi) is 6.06. The van der Waals surface area contributed by atoms with Gasteiger partial charge in [0.1, 0.15) is 30.4 Å². The van der Waals surface area contributed by atoms with Gasteiger partial charge in [-0.25, -0.2) is 9.78 Å². The molecule has 2 heterocycles. The van der Waals surface area contributed by atoms with Gasteiger partial charge in [-0.2, -0.15) is 0 Å². The molecule has 10 heteroatoms. The molecule has 0 fully saturated rings. The fourth-order valence-electron chi connectivity index (χ4n) is 2.87. The molecule has 2 aromatic heterocycles. The van der Waals surface area contributed by atoms with E-state index in [0.29, 0.717) is 33.7 Å². The summed E-state index contributed by atoms with van der Waals surface area (Å²) in [6.07, 6.45) is 0. The zero-order valence-corrected chi connectivity index (χ0v) is 17.4. The molecule has 4 rings (SSSR count). The molecule has 2 aromatic carbocycles. The van der Waals surface area contributed by atoms with Crippen molar-refractivity contribution in [2.24, 2.45) is 0 Å². The van der Waals surface area contributed by atoms with E-state index in [0.717, 1.165) is 11.3 Å². The van der Waals surface area contributed by atoms with E-state index in [2.05, 4.69) is 19.6 Å². The van der Waals surface area contributed by atoms with Crippen LogP contribution in [0.3, 0.4) is 0 Å². The molecule has 0 bridgehead atoms. The van der Waals surface area contributed by atoms with Crippen LogP contribution in [-0.4, -0.2) is 29.3 Å². The molecule has 0 saturated heterocycles. The zero-order chi connectivity index (χ0) is 21.8. The first-order valence-electron chi connectivity index (χ1n) is 9.18. The molecule has 4 aromatic rings. The predicted octanol–water partition coefficient (Wildman–Crippen LogP) is 4.07. The first-order valence-corrected chi connectivity index (χ1v) is 9.56. The van der Waals surface area contributed by atoms with Gasteiger partial charge in [0.25, 0.3) is 0 Å². The monoisotopic (exact) mass is 443 g/mol. The molecule has 0 spiro atoms. The molecule has 0 saturated carbocycles. The molecule has 9 nitrogen and oxygen atoms in total. The van der Waals surface area contributed by atoms with Crippen molar-refractivity contribution in [3.8, 4) is 34.3 Å². The number of nitrogens with one attached hydrogen (secondary N) is 1. The van der Waals surface area contributed by atoms with Gasteiger partial charge in [-0.15, -0.1) is 0 Å². The van der Waals surface area contributed by atoms with Crippen molar-refractivity contribution in [1.29, 1.82) is 0 Å². The van der Waals surface area contributed by atoms with Gasteiger partial charge in [0, 0.05) is 18.2 Å². The summed E-state index contributed by atoms with van der Waals surface area (Å²) in [4.78, 5) is 18.1. The fraction of sp³-hybridized carbons (Fsp3) is 0.190. The largest absolute Gasteiger partial charge is 0.497 e. The summed E-state index contributed by atoms with van der Waals surface area (Å²) in [6, 6.07) is 12.4. The number of oxazole rings is 1. The van der Waals surface area contributed by atoms with Crippen molar-refractivity contribution >= 4 is 11.6 Å².